The fourth-order valence-corrected chi connectivity index (χ4v) is 1.85. The Morgan fingerprint density at radius 3 is 2.63 bits per heavy atom. The molecule has 0 aromatic heterocycles. The Bertz CT molecular complexity index is 431. The molecule has 1 aromatic carbocycles. The van der Waals surface area contributed by atoms with Gasteiger partial charge in [0.15, 0.2) is 11.5 Å². The number of benzene rings is 1. The quantitative estimate of drug-likeness (QED) is 0.704. The lowest BCUT2D eigenvalue weighted by Gasteiger charge is -2.17. The van der Waals surface area contributed by atoms with E-state index in [1.165, 1.54) is 7.11 Å². The molecule has 0 aliphatic heterocycles. The summed E-state index contributed by atoms with van der Waals surface area (Å²) in [6.45, 7) is 4.23. The summed E-state index contributed by atoms with van der Waals surface area (Å²) in [5, 5.41) is 22.0. The van der Waals surface area contributed by atoms with Gasteiger partial charge < -0.3 is 20.3 Å². The number of para-hydroxylation sites is 1. The van der Waals surface area contributed by atoms with Gasteiger partial charge in [0.25, 0.3) is 0 Å². The average Bonchev–Trinajstić information content (AvgIpc) is 2.35. The molecule has 3 N–H and O–H groups in total. The minimum Gasteiger partial charge on any atom is -0.504 e. The minimum atomic E-state index is -0.879. The third kappa shape index (κ3) is 4.44. The van der Waals surface area contributed by atoms with Crippen LogP contribution in [0, 0.1) is 5.92 Å². The fourth-order valence-electron chi connectivity index (χ4n) is 1.85. The predicted octanol–water partition coefficient (Wildman–Crippen LogP) is 1.99. The van der Waals surface area contributed by atoms with Gasteiger partial charge in [0, 0.05) is 12.1 Å². The van der Waals surface area contributed by atoms with E-state index < -0.39 is 12.0 Å². The van der Waals surface area contributed by atoms with Crippen molar-refractivity contribution in [2.24, 2.45) is 5.92 Å². The summed E-state index contributed by atoms with van der Waals surface area (Å²) in [6.07, 6.45) is 0.542. The molecule has 0 fully saturated rings. The highest BCUT2D eigenvalue weighted by Gasteiger charge is 2.19. The topological polar surface area (TPSA) is 78.8 Å². The van der Waals surface area contributed by atoms with Gasteiger partial charge in [-0.15, -0.1) is 0 Å². The first-order valence-electron chi connectivity index (χ1n) is 6.26. The fraction of sp³-hybridized carbons (Fsp3) is 0.500. The molecule has 1 unspecified atom stereocenters. The number of aliphatic carboxylic acids is 1. The number of carboxylic acids is 1. The highest BCUT2D eigenvalue weighted by Crippen LogP contribution is 2.29. The van der Waals surface area contributed by atoms with Crippen LogP contribution in [-0.2, 0) is 11.3 Å². The summed E-state index contributed by atoms with van der Waals surface area (Å²) >= 11 is 0. The second-order valence-corrected chi connectivity index (χ2v) is 4.87. The molecule has 0 aliphatic rings. The summed E-state index contributed by atoms with van der Waals surface area (Å²) in [7, 11) is 1.48. The number of aromatic hydroxyl groups is 1. The highest BCUT2D eigenvalue weighted by molar-refractivity contribution is 5.73. The normalized spacial score (nSPS) is 12.4. The number of phenols is 1. The first-order valence-corrected chi connectivity index (χ1v) is 6.26. The number of rotatable bonds is 7. The number of carboxylic acid groups (broad SMARTS) is 1. The van der Waals surface area contributed by atoms with Gasteiger partial charge in [-0.25, -0.2) is 0 Å². The lowest BCUT2D eigenvalue weighted by molar-refractivity contribution is -0.140. The van der Waals surface area contributed by atoms with Crippen LogP contribution in [0.15, 0.2) is 18.2 Å². The van der Waals surface area contributed by atoms with Crippen molar-refractivity contribution in [3.8, 4) is 11.5 Å². The predicted molar refractivity (Wildman–Crippen MR) is 72.4 cm³/mol. The Labute approximate surface area is 113 Å². The smallest absolute Gasteiger partial charge is 0.320 e. The van der Waals surface area contributed by atoms with E-state index in [-0.39, 0.29) is 18.2 Å². The summed E-state index contributed by atoms with van der Waals surface area (Å²) < 4.78 is 5.01. The molecular weight excluding hydrogens is 246 g/mol. The molecule has 0 saturated heterocycles. The number of ether oxygens (including phenoxy) is 1. The number of methoxy groups -OCH3 is 1. The maximum Gasteiger partial charge on any atom is 0.320 e. The van der Waals surface area contributed by atoms with Gasteiger partial charge in [0.05, 0.1) is 7.11 Å². The zero-order valence-electron chi connectivity index (χ0n) is 11.5. The van der Waals surface area contributed by atoms with Gasteiger partial charge in [-0.05, 0) is 18.4 Å². The lowest BCUT2D eigenvalue weighted by atomic mass is 10.0. The van der Waals surface area contributed by atoms with Crippen molar-refractivity contribution < 1.29 is 19.7 Å². The minimum absolute atomic E-state index is 0.0474. The van der Waals surface area contributed by atoms with Crippen molar-refractivity contribution in [1.82, 2.24) is 5.32 Å². The summed E-state index contributed by atoms with van der Waals surface area (Å²) in [5.74, 6) is -0.162. The molecule has 0 bridgehead atoms. The molecule has 5 heteroatoms. The average molecular weight is 267 g/mol. The van der Waals surface area contributed by atoms with E-state index in [4.69, 9.17) is 9.84 Å². The van der Waals surface area contributed by atoms with Crippen LogP contribution in [0.3, 0.4) is 0 Å². The molecule has 19 heavy (non-hydrogen) atoms. The summed E-state index contributed by atoms with van der Waals surface area (Å²) in [6, 6.07) is 4.53. The van der Waals surface area contributed by atoms with Gasteiger partial charge in [-0.1, -0.05) is 26.0 Å². The largest absolute Gasteiger partial charge is 0.504 e. The lowest BCUT2D eigenvalue weighted by Crippen LogP contribution is -2.37. The van der Waals surface area contributed by atoms with Crippen molar-refractivity contribution in [3.05, 3.63) is 23.8 Å². The molecule has 0 aliphatic carbocycles. The van der Waals surface area contributed by atoms with E-state index in [1.54, 1.807) is 18.2 Å². The summed E-state index contributed by atoms with van der Waals surface area (Å²) in [5.41, 5.74) is 0.620. The van der Waals surface area contributed by atoms with Crippen LogP contribution in [0.2, 0.25) is 0 Å². The number of carbonyl (C=O) groups is 1. The van der Waals surface area contributed by atoms with E-state index >= 15 is 0 Å². The molecule has 0 saturated carbocycles. The zero-order valence-corrected chi connectivity index (χ0v) is 11.5. The van der Waals surface area contributed by atoms with Gasteiger partial charge in [-0.3, -0.25) is 4.79 Å². The maximum atomic E-state index is 11.1. The van der Waals surface area contributed by atoms with Crippen LogP contribution in [0.5, 0.6) is 11.5 Å². The molecule has 0 amide bonds. The number of phenolic OH excluding ortho intramolecular Hbond substituents is 1. The molecule has 1 atom stereocenters. The van der Waals surface area contributed by atoms with Crippen molar-refractivity contribution in [1.29, 1.82) is 0 Å². The second-order valence-electron chi connectivity index (χ2n) is 4.87. The first kappa shape index (κ1) is 15.3. The van der Waals surface area contributed by atoms with E-state index in [0.29, 0.717) is 17.7 Å². The number of hydrogen-bond acceptors (Lipinski definition) is 4. The monoisotopic (exact) mass is 267 g/mol. The Hall–Kier alpha value is -1.75. The third-order valence-electron chi connectivity index (χ3n) is 2.85. The van der Waals surface area contributed by atoms with E-state index in [0.717, 1.165) is 0 Å². The van der Waals surface area contributed by atoms with Crippen molar-refractivity contribution in [2.45, 2.75) is 32.9 Å². The highest BCUT2D eigenvalue weighted by atomic mass is 16.5. The Balaban J connectivity index is 2.71. The van der Waals surface area contributed by atoms with Gasteiger partial charge in [0.1, 0.15) is 6.04 Å². The molecular formula is C14H21NO4. The van der Waals surface area contributed by atoms with Crippen LogP contribution in [-0.4, -0.2) is 29.3 Å². The molecule has 0 heterocycles. The van der Waals surface area contributed by atoms with Crippen LogP contribution in [0.25, 0.3) is 0 Å². The van der Waals surface area contributed by atoms with Crippen molar-refractivity contribution in [2.75, 3.05) is 7.11 Å². The molecule has 1 aromatic rings. The van der Waals surface area contributed by atoms with Crippen LogP contribution in [0.1, 0.15) is 25.8 Å². The number of nitrogens with one attached hydrogen (secondary N) is 1. The van der Waals surface area contributed by atoms with Gasteiger partial charge in [0.2, 0.25) is 0 Å². The van der Waals surface area contributed by atoms with E-state index in [1.807, 2.05) is 13.8 Å². The Morgan fingerprint density at radius 1 is 1.42 bits per heavy atom. The second kappa shape index (κ2) is 6.99. The first-order chi connectivity index (χ1) is 8.95. The van der Waals surface area contributed by atoms with E-state index in [9.17, 15) is 9.90 Å². The SMILES string of the molecule is COc1cccc(CNC(CC(C)C)C(=O)O)c1O. The number of hydrogen-bond donors (Lipinski definition) is 3. The van der Waals surface area contributed by atoms with Crippen molar-refractivity contribution >= 4 is 5.97 Å². The van der Waals surface area contributed by atoms with Crippen molar-refractivity contribution in [3.63, 3.8) is 0 Å². The van der Waals surface area contributed by atoms with Gasteiger partial charge in [-0.2, -0.15) is 0 Å². The summed E-state index contributed by atoms with van der Waals surface area (Å²) in [4.78, 5) is 11.1. The molecule has 0 spiro atoms. The standard InChI is InChI=1S/C14H21NO4/c1-9(2)7-11(14(17)18)15-8-10-5-4-6-12(19-3)13(10)16/h4-6,9,11,15-16H,7-8H2,1-3H3,(H,17,18). The Morgan fingerprint density at radius 2 is 2.11 bits per heavy atom. The van der Waals surface area contributed by atoms with Crippen LogP contribution < -0.4 is 10.1 Å². The van der Waals surface area contributed by atoms with E-state index in [2.05, 4.69) is 5.32 Å². The molecule has 106 valence electrons. The zero-order chi connectivity index (χ0) is 14.4. The van der Waals surface area contributed by atoms with Crippen LogP contribution in [0.4, 0.5) is 0 Å². The molecule has 5 nitrogen and oxygen atoms in total. The maximum absolute atomic E-state index is 11.1. The van der Waals surface area contributed by atoms with Crippen LogP contribution >= 0.6 is 0 Å². The van der Waals surface area contributed by atoms with Gasteiger partial charge >= 0.3 is 5.97 Å². The Kier molecular flexibility index (Phi) is 5.63. The third-order valence-corrected chi connectivity index (χ3v) is 2.85. The molecule has 0 radical (unpaired) electrons. The molecule has 1 rings (SSSR count).